The van der Waals surface area contributed by atoms with Crippen LogP contribution in [-0.4, -0.2) is 35.0 Å². The van der Waals surface area contributed by atoms with Crippen LogP contribution in [0.2, 0.25) is 0 Å². The highest BCUT2D eigenvalue weighted by atomic mass is 16.6. The van der Waals surface area contributed by atoms with Crippen LogP contribution in [-0.2, 0) is 33.4 Å². The molecule has 0 aromatic carbocycles. The Kier molecular flexibility index (Phi) is 11.7. The maximum atomic E-state index is 12.7. The van der Waals surface area contributed by atoms with Gasteiger partial charge in [-0.1, -0.05) is 58.1 Å². The summed E-state index contributed by atoms with van der Waals surface area (Å²) in [4.78, 5) is 60.6. The van der Waals surface area contributed by atoms with Crippen molar-refractivity contribution in [2.24, 2.45) is 17.8 Å². The Morgan fingerprint density at radius 3 is 1.81 bits per heavy atom. The van der Waals surface area contributed by atoms with Gasteiger partial charge in [-0.05, 0) is 56.9 Å². The number of rotatable bonds is 9. The van der Waals surface area contributed by atoms with Gasteiger partial charge in [0.1, 0.15) is 0 Å². The van der Waals surface area contributed by atoms with E-state index in [2.05, 4.69) is 6.58 Å². The van der Waals surface area contributed by atoms with Gasteiger partial charge in [0, 0.05) is 34.8 Å². The first-order chi connectivity index (χ1) is 17.5. The highest BCUT2D eigenvalue weighted by molar-refractivity contribution is 6.04. The van der Waals surface area contributed by atoms with E-state index in [0.717, 1.165) is 69.9 Å². The van der Waals surface area contributed by atoms with E-state index in [1.807, 2.05) is 6.08 Å². The fraction of sp³-hybridized carbons (Fsp3) is 0.552. The van der Waals surface area contributed by atoms with Crippen LogP contribution in [0.3, 0.4) is 0 Å². The third-order valence-electron chi connectivity index (χ3n) is 7.25. The summed E-state index contributed by atoms with van der Waals surface area (Å²) >= 11 is 0. The fourth-order valence-electron chi connectivity index (χ4n) is 5.16. The molecule has 0 spiro atoms. The number of carbonyl (C=O) groups excluding carboxylic acids is 4. The second kappa shape index (κ2) is 14.4. The van der Waals surface area contributed by atoms with Gasteiger partial charge in [0.15, 0.2) is 0 Å². The zero-order chi connectivity index (χ0) is 27.5. The summed E-state index contributed by atoms with van der Waals surface area (Å²) < 4.78 is 9.63. The predicted molar refractivity (Wildman–Crippen MR) is 137 cm³/mol. The van der Waals surface area contributed by atoms with Crippen LogP contribution in [0.4, 0.5) is 0 Å². The molecule has 1 unspecified atom stereocenters. The van der Waals surface area contributed by atoms with E-state index < -0.39 is 35.8 Å². The van der Waals surface area contributed by atoms with E-state index >= 15 is 0 Å². The average Bonchev–Trinajstić information content (AvgIpc) is 2.88. The molecule has 2 fully saturated rings. The molecule has 0 bridgehead atoms. The van der Waals surface area contributed by atoms with Crippen molar-refractivity contribution in [3.05, 3.63) is 47.1 Å². The molecule has 0 saturated heterocycles. The summed E-state index contributed by atoms with van der Waals surface area (Å²) in [5, 5.41) is 9.39. The molecule has 2 aliphatic carbocycles. The van der Waals surface area contributed by atoms with Crippen molar-refractivity contribution in [1.82, 2.24) is 0 Å². The van der Waals surface area contributed by atoms with Crippen LogP contribution in [0.1, 0.15) is 85.0 Å². The zero-order valence-corrected chi connectivity index (χ0v) is 22.0. The number of carboxylic acids is 1. The Morgan fingerprint density at radius 2 is 1.30 bits per heavy atom. The van der Waals surface area contributed by atoms with Gasteiger partial charge < -0.3 is 14.6 Å². The van der Waals surface area contributed by atoms with Crippen molar-refractivity contribution in [3.8, 4) is 0 Å². The van der Waals surface area contributed by atoms with Crippen molar-refractivity contribution >= 4 is 29.8 Å². The quantitative estimate of drug-likeness (QED) is 0.247. The van der Waals surface area contributed by atoms with Crippen molar-refractivity contribution in [3.63, 3.8) is 0 Å². The van der Waals surface area contributed by atoms with Gasteiger partial charge in [0.05, 0.1) is 0 Å². The lowest BCUT2D eigenvalue weighted by Crippen LogP contribution is -2.23. The molecule has 2 aliphatic rings. The lowest BCUT2D eigenvalue weighted by Gasteiger charge is -2.30. The summed E-state index contributed by atoms with van der Waals surface area (Å²) in [7, 11) is 0. The van der Waals surface area contributed by atoms with Gasteiger partial charge in [-0.15, -0.1) is 0 Å². The van der Waals surface area contributed by atoms with Crippen LogP contribution in [0, 0.1) is 17.8 Å². The number of carbonyl (C=O) groups is 5. The smallest absolute Gasteiger partial charge is 0.341 e. The number of ether oxygens (including phenoxy) is 2. The van der Waals surface area contributed by atoms with Crippen molar-refractivity contribution in [1.29, 1.82) is 0 Å². The predicted octanol–water partition coefficient (Wildman–Crippen LogP) is 5.38. The van der Waals surface area contributed by atoms with E-state index in [1.165, 1.54) is 13.3 Å². The van der Waals surface area contributed by atoms with Crippen LogP contribution in [0.15, 0.2) is 47.1 Å². The van der Waals surface area contributed by atoms with Gasteiger partial charge >= 0.3 is 29.8 Å². The summed E-state index contributed by atoms with van der Waals surface area (Å²) in [5.41, 5.74) is 1.06. The Morgan fingerprint density at radius 1 is 0.811 bits per heavy atom. The number of esters is 4. The Labute approximate surface area is 218 Å². The first kappa shape index (κ1) is 29.9. The van der Waals surface area contributed by atoms with Crippen LogP contribution in [0.5, 0.6) is 0 Å². The summed E-state index contributed by atoms with van der Waals surface area (Å²) in [6.45, 7) is 8.41. The molecular weight excluding hydrogens is 476 g/mol. The van der Waals surface area contributed by atoms with E-state index in [-0.39, 0.29) is 23.0 Å². The molecule has 0 radical (unpaired) electrons. The molecule has 0 aliphatic heterocycles. The minimum Gasteiger partial charge on any atom is -0.478 e. The number of aliphatic carboxylic acids is 1. The number of hydrogen-bond donors (Lipinski definition) is 1. The molecule has 1 N–H and O–H groups in total. The van der Waals surface area contributed by atoms with Gasteiger partial charge in [-0.2, -0.15) is 0 Å². The van der Waals surface area contributed by atoms with Gasteiger partial charge in [0.25, 0.3) is 0 Å². The zero-order valence-electron chi connectivity index (χ0n) is 22.0. The topological polar surface area (TPSA) is 124 Å². The second-order valence-electron chi connectivity index (χ2n) is 9.97. The van der Waals surface area contributed by atoms with Crippen LogP contribution >= 0.6 is 0 Å². The minimum absolute atomic E-state index is 0.0102. The van der Waals surface area contributed by atoms with Crippen LogP contribution < -0.4 is 0 Å². The Balaban J connectivity index is 2.02. The number of hydrogen-bond acceptors (Lipinski definition) is 7. The van der Waals surface area contributed by atoms with Gasteiger partial charge in [-0.3, -0.25) is 0 Å². The molecule has 8 heteroatoms. The largest absolute Gasteiger partial charge is 0.478 e. The molecule has 202 valence electrons. The number of allylic oxidation sites excluding steroid dienone is 2. The van der Waals surface area contributed by atoms with Crippen molar-refractivity contribution < 1.29 is 38.6 Å². The van der Waals surface area contributed by atoms with E-state index in [9.17, 15) is 29.1 Å². The van der Waals surface area contributed by atoms with E-state index in [1.54, 1.807) is 13.8 Å². The molecule has 8 nitrogen and oxygen atoms in total. The van der Waals surface area contributed by atoms with Crippen LogP contribution in [0.25, 0.3) is 0 Å². The van der Waals surface area contributed by atoms with E-state index in [4.69, 9.17) is 9.47 Å². The Bertz CT molecular complexity index is 1000. The molecule has 0 aromatic rings. The van der Waals surface area contributed by atoms with Crippen molar-refractivity contribution in [2.75, 3.05) is 0 Å². The maximum Gasteiger partial charge on any atom is 0.341 e. The monoisotopic (exact) mass is 514 g/mol. The maximum absolute atomic E-state index is 12.7. The standard InChI is InChI=1S/C29H38O8/c1-18(17-22-11-7-5-8-12-22)28(34)36-24(30)15-16-25(31)37-29(35)21(4)26(19(2)20(3)27(32)33)23-13-9-6-10-14-23/h15-17,19,22-23H,3,5-14H2,1-2,4H3,(H,32,33). The molecule has 0 heterocycles. The molecular formula is C29H38O8. The Hall–Kier alpha value is -3.29. The van der Waals surface area contributed by atoms with Gasteiger partial charge in [-0.25, -0.2) is 24.0 Å². The summed E-state index contributed by atoms with van der Waals surface area (Å²) in [6.07, 6.45) is 13.3. The van der Waals surface area contributed by atoms with E-state index in [0.29, 0.717) is 11.1 Å². The highest BCUT2D eigenvalue weighted by Gasteiger charge is 2.30. The highest BCUT2D eigenvalue weighted by Crippen LogP contribution is 2.38. The SMILES string of the molecule is C=C(C(=O)O)C(C)C(=C(C)C(=O)OC(=O)C=CC(=O)OC(=O)C(C)=CC1CCCCC1)C1CCCCC1. The average molecular weight is 515 g/mol. The molecule has 0 amide bonds. The lowest BCUT2D eigenvalue weighted by molar-refractivity contribution is -0.156. The third kappa shape index (κ3) is 9.26. The van der Waals surface area contributed by atoms with Gasteiger partial charge in [0.2, 0.25) is 0 Å². The molecule has 2 saturated carbocycles. The summed E-state index contributed by atoms with van der Waals surface area (Å²) in [6, 6.07) is 0. The van der Waals surface area contributed by atoms with Crippen molar-refractivity contribution in [2.45, 2.75) is 85.0 Å². The molecule has 37 heavy (non-hydrogen) atoms. The first-order valence-electron chi connectivity index (χ1n) is 13.0. The number of carboxylic acid groups (broad SMARTS) is 1. The molecule has 0 aromatic heterocycles. The first-order valence-corrected chi connectivity index (χ1v) is 13.0. The minimum atomic E-state index is -1.15. The summed E-state index contributed by atoms with van der Waals surface area (Å²) in [5.74, 6) is -5.34. The molecule has 1 atom stereocenters. The molecule has 2 rings (SSSR count). The fourth-order valence-corrected chi connectivity index (χ4v) is 5.16. The second-order valence-corrected chi connectivity index (χ2v) is 9.97. The normalized spacial score (nSPS) is 19.1. The lowest BCUT2D eigenvalue weighted by atomic mass is 9.75. The third-order valence-corrected chi connectivity index (χ3v) is 7.25.